The Morgan fingerprint density at radius 1 is 1.25 bits per heavy atom. The molecule has 0 spiro atoms. The van der Waals surface area contributed by atoms with Crippen LogP contribution in [0.25, 0.3) is 0 Å². The Kier molecular flexibility index (Phi) is 3.53. The number of amides is 1. The van der Waals surface area contributed by atoms with Crippen LogP contribution in [0, 0.1) is 0 Å². The number of hydrogen-bond acceptors (Lipinski definition) is 2. The number of nitrogens with zero attached hydrogens (tertiary/aromatic N) is 1. The van der Waals surface area contributed by atoms with Crippen molar-refractivity contribution in [1.29, 1.82) is 0 Å². The molecule has 0 bridgehead atoms. The van der Waals surface area contributed by atoms with Gasteiger partial charge in [-0.1, -0.05) is 12.8 Å². The second-order valence-corrected chi connectivity index (χ2v) is 3.42. The van der Waals surface area contributed by atoms with E-state index in [4.69, 9.17) is 5.11 Å². The summed E-state index contributed by atoms with van der Waals surface area (Å²) < 4.78 is 0. The molecule has 1 N–H and O–H groups in total. The van der Waals surface area contributed by atoms with Crippen LogP contribution in [-0.2, 0) is 4.79 Å². The van der Waals surface area contributed by atoms with Crippen molar-refractivity contribution in [2.75, 3.05) is 13.1 Å². The SMILES string of the molecule is C[C@@H](O)C(=O)N1CCCCCC1. The third-order valence-corrected chi connectivity index (χ3v) is 2.28. The third kappa shape index (κ3) is 2.48. The van der Waals surface area contributed by atoms with Gasteiger partial charge in [-0.05, 0) is 19.8 Å². The molecule has 0 aliphatic carbocycles. The van der Waals surface area contributed by atoms with Gasteiger partial charge < -0.3 is 10.0 Å². The predicted molar refractivity (Wildman–Crippen MR) is 46.7 cm³/mol. The standard InChI is InChI=1S/C9H17NO2/c1-8(11)9(12)10-6-4-2-3-5-7-10/h8,11H,2-7H2,1H3/t8-/m1/s1. The number of aliphatic hydroxyl groups excluding tert-OH is 1. The van der Waals surface area contributed by atoms with Crippen LogP contribution in [-0.4, -0.2) is 35.1 Å². The van der Waals surface area contributed by atoms with Crippen molar-refractivity contribution in [2.24, 2.45) is 0 Å². The molecule has 1 saturated heterocycles. The summed E-state index contributed by atoms with van der Waals surface area (Å²) in [5.41, 5.74) is 0. The van der Waals surface area contributed by atoms with E-state index < -0.39 is 6.10 Å². The summed E-state index contributed by atoms with van der Waals surface area (Å²) in [6, 6.07) is 0. The topological polar surface area (TPSA) is 40.5 Å². The minimum absolute atomic E-state index is 0.114. The van der Waals surface area contributed by atoms with Gasteiger partial charge in [0.1, 0.15) is 6.10 Å². The lowest BCUT2D eigenvalue weighted by Crippen LogP contribution is -2.38. The first-order chi connectivity index (χ1) is 5.72. The van der Waals surface area contributed by atoms with Crippen molar-refractivity contribution in [3.05, 3.63) is 0 Å². The minimum atomic E-state index is -0.830. The normalized spacial score (nSPS) is 21.7. The molecule has 1 fully saturated rings. The molecule has 0 saturated carbocycles. The Balaban J connectivity index is 2.43. The molecule has 0 aromatic heterocycles. The largest absolute Gasteiger partial charge is 0.384 e. The van der Waals surface area contributed by atoms with E-state index in [1.54, 1.807) is 4.90 Å². The van der Waals surface area contributed by atoms with E-state index in [2.05, 4.69) is 0 Å². The maximum absolute atomic E-state index is 11.3. The first-order valence-electron chi connectivity index (χ1n) is 4.68. The van der Waals surface area contributed by atoms with Crippen LogP contribution in [0.3, 0.4) is 0 Å². The number of aliphatic hydroxyl groups is 1. The van der Waals surface area contributed by atoms with Crippen LogP contribution in [0.4, 0.5) is 0 Å². The minimum Gasteiger partial charge on any atom is -0.384 e. The molecule has 0 aromatic carbocycles. The Bertz CT molecular complexity index is 149. The number of carbonyl (C=O) groups is 1. The fraction of sp³-hybridized carbons (Fsp3) is 0.889. The van der Waals surface area contributed by atoms with Gasteiger partial charge in [0.05, 0.1) is 0 Å². The molecular weight excluding hydrogens is 154 g/mol. The van der Waals surface area contributed by atoms with Gasteiger partial charge in [-0.2, -0.15) is 0 Å². The van der Waals surface area contributed by atoms with Crippen molar-refractivity contribution in [1.82, 2.24) is 4.90 Å². The van der Waals surface area contributed by atoms with Crippen LogP contribution in [0.5, 0.6) is 0 Å². The molecule has 70 valence electrons. The Labute approximate surface area is 73.4 Å². The van der Waals surface area contributed by atoms with Crippen molar-refractivity contribution in [3.8, 4) is 0 Å². The lowest BCUT2D eigenvalue weighted by atomic mass is 10.2. The highest BCUT2D eigenvalue weighted by Gasteiger charge is 2.18. The van der Waals surface area contributed by atoms with Crippen molar-refractivity contribution >= 4 is 5.91 Å². The fourth-order valence-electron chi connectivity index (χ4n) is 1.56. The smallest absolute Gasteiger partial charge is 0.251 e. The molecule has 12 heavy (non-hydrogen) atoms. The average Bonchev–Trinajstić information content (AvgIpc) is 2.30. The molecular formula is C9H17NO2. The maximum Gasteiger partial charge on any atom is 0.251 e. The van der Waals surface area contributed by atoms with Gasteiger partial charge in [0.2, 0.25) is 0 Å². The second-order valence-electron chi connectivity index (χ2n) is 3.42. The molecule has 3 heteroatoms. The molecule has 0 unspecified atom stereocenters. The van der Waals surface area contributed by atoms with E-state index >= 15 is 0 Å². The summed E-state index contributed by atoms with van der Waals surface area (Å²) in [6.45, 7) is 3.18. The summed E-state index contributed by atoms with van der Waals surface area (Å²) in [6.07, 6.45) is 3.76. The summed E-state index contributed by atoms with van der Waals surface area (Å²) in [5, 5.41) is 9.07. The van der Waals surface area contributed by atoms with Crippen LogP contribution in [0.1, 0.15) is 32.6 Å². The van der Waals surface area contributed by atoms with Gasteiger partial charge in [0, 0.05) is 13.1 Å². The van der Waals surface area contributed by atoms with Gasteiger partial charge in [-0.3, -0.25) is 4.79 Å². The second kappa shape index (κ2) is 4.45. The first kappa shape index (κ1) is 9.52. The molecule has 1 atom stereocenters. The van der Waals surface area contributed by atoms with Gasteiger partial charge in [0.15, 0.2) is 0 Å². The maximum atomic E-state index is 11.3. The van der Waals surface area contributed by atoms with E-state index in [0.717, 1.165) is 25.9 Å². The van der Waals surface area contributed by atoms with Crippen LogP contribution < -0.4 is 0 Å². The zero-order valence-electron chi connectivity index (χ0n) is 7.62. The van der Waals surface area contributed by atoms with E-state index in [1.807, 2.05) is 0 Å². The van der Waals surface area contributed by atoms with Gasteiger partial charge in [-0.25, -0.2) is 0 Å². The zero-order chi connectivity index (χ0) is 8.97. The van der Waals surface area contributed by atoms with Crippen LogP contribution in [0.2, 0.25) is 0 Å². The lowest BCUT2D eigenvalue weighted by Gasteiger charge is -2.21. The number of rotatable bonds is 1. The highest BCUT2D eigenvalue weighted by atomic mass is 16.3. The van der Waals surface area contributed by atoms with Gasteiger partial charge in [-0.15, -0.1) is 0 Å². The van der Waals surface area contributed by atoms with Gasteiger partial charge in [0.25, 0.3) is 5.91 Å². The summed E-state index contributed by atoms with van der Waals surface area (Å²) in [4.78, 5) is 13.1. The van der Waals surface area contributed by atoms with Crippen molar-refractivity contribution in [3.63, 3.8) is 0 Å². The molecule has 1 aliphatic rings. The summed E-state index contributed by atoms with van der Waals surface area (Å²) >= 11 is 0. The third-order valence-electron chi connectivity index (χ3n) is 2.28. The van der Waals surface area contributed by atoms with Crippen LogP contribution in [0.15, 0.2) is 0 Å². The van der Waals surface area contributed by atoms with E-state index in [0.29, 0.717) is 0 Å². The van der Waals surface area contributed by atoms with E-state index in [9.17, 15) is 4.79 Å². The lowest BCUT2D eigenvalue weighted by molar-refractivity contribution is -0.139. The van der Waals surface area contributed by atoms with Crippen molar-refractivity contribution < 1.29 is 9.90 Å². The monoisotopic (exact) mass is 171 g/mol. The summed E-state index contributed by atoms with van der Waals surface area (Å²) in [7, 11) is 0. The highest BCUT2D eigenvalue weighted by Crippen LogP contribution is 2.10. The zero-order valence-corrected chi connectivity index (χ0v) is 7.62. The Morgan fingerprint density at radius 2 is 1.75 bits per heavy atom. The number of likely N-dealkylation sites (tertiary alicyclic amines) is 1. The molecule has 0 radical (unpaired) electrons. The molecule has 0 aromatic rings. The highest BCUT2D eigenvalue weighted by molar-refractivity contribution is 5.80. The molecule has 1 aliphatic heterocycles. The Morgan fingerprint density at radius 3 is 2.17 bits per heavy atom. The average molecular weight is 171 g/mol. The number of hydrogen-bond donors (Lipinski definition) is 1. The van der Waals surface area contributed by atoms with E-state index in [-0.39, 0.29) is 5.91 Å². The first-order valence-corrected chi connectivity index (χ1v) is 4.68. The van der Waals surface area contributed by atoms with Crippen molar-refractivity contribution in [2.45, 2.75) is 38.7 Å². The van der Waals surface area contributed by atoms with Gasteiger partial charge >= 0.3 is 0 Å². The molecule has 1 rings (SSSR count). The molecule has 1 amide bonds. The van der Waals surface area contributed by atoms with E-state index in [1.165, 1.54) is 19.8 Å². The Hall–Kier alpha value is -0.570. The fourth-order valence-corrected chi connectivity index (χ4v) is 1.56. The quantitative estimate of drug-likeness (QED) is 0.633. The molecule has 3 nitrogen and oxygen atoms in total. The number of carbonyl (C=O) groups excluding carboxylic acids is 1. The predicted octanol–water partition coefficient (Wildman–Crippen LogP) is 0.770. The molecule has 1 heterocycles. The van der Waals surface area contributed by atoms with Crippen LogP contribution >= 0.6 is 0 Å². The summed E-state index contributed by atoms with van der Waals surface area (Å²) in [5.74, 6) is -0.114.